The van der Waals surface area contributed by atoms with Crippen LogP contribution in [0.15, 0.2) is 23.0 Å². The van der Waals surface area contributed by atoms with Crippen LogP contribution in [0.4, 0.5) is 0 Å². The van der Waals surface area contributed by atoms with E-state index in [0.29, 0.717) is 5.56 Å². The van der Waals surface area contributed by atoms with E-state index < -0.39 is 7.60 Å². The molecule has 0 unspecified atom stereocenters. The summed E-state index contributed by atoms with van der Waals surface area (Å²) in [4.78, 5) is 11.8. The van der Waals surface area contributed by atoms with E-state index in [0.717, 1.165) is 0 Å². The highest BCUT2D eigenvalue weighted by atomic mass is 35.5. The van der Waals surface area contributed by atoms with E-state index in [1.807, 2.05) is 13.8 Å². The minimum absolute atomic E-state index is 0.0165. The number of aromatic amines is 1. The largest absolute Gasteiger partial charge is 0.481 e. The predicted molar refractivity (Wildman–Crippen MR) is 112 cm³/mol. The molecule has 1 aromatic heterocycles. The van der Waals surface area contributed by atoms with Crippen LogP contribution in [0.3, 0.4) is 0 Å². The lowest BCUT2D eigenvalue weighted by molar-refractivity contribution is 0.197. The van der Waals surface area contributed by atoms with Gasteiger partial charge in [-0.05, 0) is 19.8 Å². The van der Waals surface area contributed by atoms with Crippen molar-refractivity contribution in [1.82, 2.24) is 10.2 Å². The summed E-state index contributed by atoms with van der Waals surface area (Å²) in [5, 5.41) is 6.53. The molecule has 0 saturated carbocycles. The van der Waals surface area contributed by atoms with Crippen LogP contribution in [-0.4, -0.2) is 29.8 Å². The highest BCUT2D eigenvalue weighted by Gasteiger charge is 2.25. The van der Waals surface area contributed by atoms with E-state index in [1.54, 1.807) is 13.8 Å². The standard InChI is InChI=1S/C18H23Cl2N2O6P/c1-5-26-29(24,27-6-2)10-25-12-7-14(19)17(15(20)8-12)28-16-9-13(11(3)4)18(23)22-21-16/h7-9,11H,5-6,10H2,1-4H3,(H,22,23). The van der Waals surface area contributed by atoms with Crippen molar-refractivity contribution in [2.75, 3.05) is 19.6 Å². The molecule has 0 aliphatic carbocycles. The van der Waals surface area contributed by atoms with E-state index in [2.05, 4.69) is 10.2 Å². The van der Waals surface area contributed by atoms with Crippen LogP contribution in [0.2, 0.25) is 10.0 Å². The maximum absolute atomic E-state index is 12.5. The van der Waals surface area contributed by atoms with E-state index in [-0.39, 0.29) is 58.5 Å². The van der Waals surface area contributed by atoms with Crippen LogP contribution in [0.5, 0.6) is 17.4 Å². The summed E-state index contributed by atoms with van der Waals surface area (Å²) in [6.45, 7) is 7.62. The lowest BCUT2D eigenvalue weighted by Crippen LogP contribution is -2.15. The lowest BCUT2D eigenvalue weighted by atomic mass is 10.1. The SMILES string of the molecule is CCOP(=O)(COc1cc(Cl)c(Oc2cc(C(C)C)c(=O)[nH]n2)c(Cl)c1)OCC. The molecule has 0 radical (unpaired) electrons. The third kappa shape index (κ3) is 6.46. The first-order valence-electron chi connectivity index (χ1n) is 8.96. The van der Waals surface area contributed by atoms with Crippen LogP contribution in [-0.2, 0) is 13.6 Å². The van der Waals surface area contributed by atoms with Crippen molar-refractivity contribution in [2.24, 2.45) is 0 Å². The topological polar surface area (TPSA) is 99.7 Å². The van der Waals surface area contributed by atoms with E-state index >= 15 is 0 Å². The molecule has 11 heteroatoms. The Balaban J connectivity index is 2.20. The summed E-state index contributed by atoms with van der Waals surface area (Å²) >= 11 is 12.5. The minimum atomic E-state index is -3.38. The van der Waals surface area contributed by atoms with Gasteiger partial charge in [0.1, 0.15) is 5.75 Å². The second-order valence-corrected chi connectivity index (χ2v) is 8.99. The van der Waals surface area contributed by atoms with Gasteiger partial charge in [0.05, 0.1) is 23.3 Å². The summed E-state index contributed by atoms with van der Waals surface area (Å²) in [6, 6.07) is 4.45. The van der Waals surface area contributed by atoms with Gasteiger partial charge in [0.2, 0.25) is 5.88 Å². The monoisotopic (exact) mass is 464 g/mol. The van der Waals surface area contributed by atoms with Crippen LogP contribution < -0.4 is 15.0 Å². The molecule has 2 rings (SSSR count). The van der Waals surface area contributed by atoms with Crippen LogP contribution in [0.1, 0.15) is 39.2 Å². The highest BCUT2D eigenvalue weighted by Crippen LogP contribution is 2.48. The normalized spacial score (nSPS) is 11.7. The molecule has 0 aliphatic heterocycles. The third-order valence-electron chi connectivity index (χ3n) is 3.65. The zero-order chi connectivity index (χ0) is 21.6. The van der Waals surface area contributed by atoms with Gasteiger partial charge in [-0.1, -0.05) is 37.0 Å². The van der Waals surface area contributed by atoms with Gasteiger partial charge in [-0.3, -0.25) is 9.36 Å². The summed E-state index contributed by atoms with van der Waals surface area (Å²) in [7, 11) is -3.38. The van der Waals surface area contributed by atoms with Crippen molar-refractivity contribution in [3.05, 3.63) is 44.2 Å². The van der Waals surface area contributed by atoms with Crippen molar-refractivity contribution >= 4 is 30.8 Å². The van der Waals surface area contributed by atoms with Gasteiger partial charge in [0, 0.05) is 23.8 Å². The Hall–Kier alpha value is -1.57. The molecule has 160 valence electrons. The van der Waals surface area contributed by atoms with Crippen molar-refractivity contribution in [1.29, 1.82) is 0 Å². The minimum Gasteiger partial charge on any atom is -0.481 e. The zero-order valence-corrected chi connectivity index (χ0v) is 18.9. The molecule has 0 atom stereocenters. The van der Waals surface area contributed by atoms with E-state index in [4.69, 9.17) is 41.7 Å². The summed E-state index contributed by atoms with van der Waals surface area (Å²) in [5.74, 6) is 0.539. The summed E-state index contributed by atoms with van der Waals surface area (Å²) in [5.41, 5.74) is 0.228. The molecular formula is C18H23Cl2N2O6P. The number of aromatic nitrogens is 2. The molecular weight excluding hydrogens is 442 g/mol. The van der Waals surface area contributed by atoms with Crippen LogP contribution in [0.25, 0.3) is 0 Å². The Bertz CT molecular complexity index is 917. The zero-order valence-electron chi connectivity index (χ0n) is 16.5. The first-order chi connectivity index (χ1) is 13.7. The second-order valence-electron chi connectivity index (χ2n) is 6.18. The Morgan fingerprint density at radius 2 is 1.69 bits per heavy atom. The molecule has 1 heterocycles. The average molecular weight is 465 g/mol. The maximum Gasteiger partial charge on any atom is 0.367 e. The summed E-state index contributed by atoms with van der Waals surface area (Å²) < 4.78 is 34.0. The predicted octanol–water partition coefficient (Wildman–Crippen LogP) is 5.59. The van der Waals surface area contributed by atoms with Crippen molar-refractivity contribution < 1.29 is 23.1 Å². The molecule has 0 fully saturated rings. The molecule has 0 bridgehead atoms. The van der Waals surface area contributed by atoms with Gasteiger partial charge in [0.15, 0.2) is 12.1 Å². The Morgan fingerprint density at radius 1 is 1.10 bits per heavy atom. The molecule has 8 nitrogen and oxygen atoms in total. The van der Waals surface area contributed by atoms with Gasteiger partial charge in [-0.15, -0.1) is 5.10 Å². The number of nitrogens with zero attached hydrogens (tertiary/aromatic N) is 1. The fourth-order valence-electron chi connectivity index (χ4n) is 2.36. The number of rotatable bonds is 10. The molecule has 0 aliphatic rings. The molecule has 1 aromatic carbocycles. The average Bonchev–Trinajstić information content (AvgIpc) is 2.64. The maximum atomic E-state index is 12.5. The third-order valence-corrected chi connectivity index (χ3v) is 5.96. The van der Waals surface area contributed by atoms with Gasteiger partial charge in [0.25, 0.3) is 5.56 Å². The van der Waals surface area contributed by atoms with Gasteiger partial charge in [-0.2, -0.15) is 0 Å². The molecule has 0 saturated heterocycles. The number of hydrogen-bond donors (Lipinski definition) is 1. The number of nitrogens with one attached hydrogen (secondary N) is 1. The number of halogens is 2. The number of hydrogen-bond acceptors (Lipinski definition) is 7. The first kappa shape index (κ1) is 23.7. The van der Waals surface area contributed by atoms with Crippen molar-refractivity contribution in [3.8, 4) is 17.4 Å². The lowest BCUT2D eigenvalue weighted by Gasteiger charge is -2.18. The number of ether oxygens (including phenoxy) is 2. The fourth-order valence-corrected chi connectivity index (χ4v) is 4.23. The Labute approximate surface area is 179 Å². The molecule has 2 aromatic rings. The van der Waals surface area contributed by atoms with Crippen molar-refractivity contribution in [3.63, 3.8) is 0 Å². The van der Waals surface area contributed by atoms with Crippen LogP contribution in [0, 0.1) is 0 Å². The second kappa shape index (κ2) is 10.5. The van der Waals surface area contributed by atoms with E-state index in [9.17, 15) is 9.36 Å². The number of benzene rings is 1. The smallest absolute Gasteiger partial charge is 0.367 e. The molecule has 29 heavy (non-hydrogen) atoms. The van der Waals surface area contributed by atoms with Crippen molar-refractivity contribution in [2.45, 2.75) is 33.6 Å². The summed E-state index contributed by atoms with van der Waals surface area (Å²) in [6.07, 6.45) is -0.291. The first-order valence-corrected chi connectivity index (χ1v) is 11.4. The van der Waals surface area contributed by atoms with Gasteiger partial charge in [-0.25, -0.2) is 5.10 Å². The van der Waals surface area contributed by atoms with Gasteiger partial charge < -0.3 is 18.5 Å². The Morgan fingerprint density at radius 3 is 2.21 bits per heavy atom. The number of H-pyrrole nitrogens is 1. The highest BCUT2D eigenvalue weighted by molar-refractivity contribution is 7.53. The Kier molecular flexibility index (Phi) is 8.55. The molecule has 0 spiro atoms. The van der Waals surface area contributed by atoms with Gasteiger partial charge >= 0.3 is 7.60 Å². The van der Waals surface area contributed by atoms with Crippen LogP contribution >= 0.6 is 30.8 Å². The molecule has 1 N–H and O–H groups in total. The fraction of sp³-hybridized carbons (Fsp3) is 0.444. The quantitative estimate of drug-likeness (QED) is 0.457. The molecule has 0 amide bonds. The van der Waals surface area contributed by atoms with E-state index in [1.165, 1.54) is 18.2 Å².